The molecule has 0 atom stereocenters. The first-order valence-corrected chi connectivity index (χ1v) is 7.18. The van der Waals surface area contributed by atoms with Gasteiger partial charge in [0.2, 0.25) is 0 Å². The van der Waals surface area contributed by atoms with Crippen molar-refractivity contribution in [2.45, 2.75) is 6.92 Å². The Balaban J connectivity index is 1.62. The van der Waals surface area contributed by atoms with Crippen molar-refractivity contribution < 1.29 is 14.3 Å². The zero-order valence-corrected chi connectivity index (χ0v) is 12.5. The molecule has 0 aromatic heterocycles. The third-order valence-corrected chi connectivity index (χ3v) is 3.20. The van der Waals surface area contributed by atoms with Crippen LogP contribution in [-0.4, -0.2) is 56.8 Å². The molecule has 1 aliphatic rings. The molecule has 21 heavy (non-hydrogen) atoms. The second-order valence-electron chi connectivity index (χ2n) is 4.92. The second kappa shape index (κ2) is 8.49. The molecule has 6 nitrogen and oxygen atoms in total. The average molecular weight is 293 g/mol. The van der Waals surface area contributed by atoms with Crippen molar-refractivity contribution in [3.8, 4) is 5.75 Å². The first-order chi connectivity index (χ1) is 10.3. The maximum atomic E-state index is 5.82. The SMILES string of the molecule is Cc1ccccc1OCCO/N=C(/N)CN1CCOCC1. The summed E-state index contributed by atoms with van der Waals surface area (Å²) >= 11 is 0. The highest BCUT2D eigenvalue weighted by atomic mass is 16.6. The van der Waals surface area contributed by atoms with Crippen molar-refractivity contribution in [3.05, 3.63) is 29.8 Å². The van der Waals surface area contributed by atoms with E-state index in [2.05, 4.69) is 10.1 Å². The van der Waals surface area contributed by atoms with Crippen molar-refractivity contribution in [3.63, 3.8) is 0 Å². The molecule has 116 valence electrons. The number of rotatable bonds is 7. The van der Waals surface area contributed by atoms with Gasteiger partial charge in [-0.2, -0.15) is 0 Å². The highest BCUT2D eigenvalue weighted by Crippen LogP contribution is 2.15. The number of nitrogens with two attached hydrogens (primary N) is 1. The summed E-state index contributed by atoms with van der Waals surface area (Å²) in [5, 5.41) is 3.90. The van der Waals surface area contributed by atoms with E-state index in [0.29, 0.717) is 25.6 Å². The van der Waals surface area contributed by atoms with Crippen LogP contribution in [0, 0.1) is 6.92 Å². The lowest BCUT2D eigenvalue weighted by atomic mass is 10.2. The van der Waals surface area contributed by atoms with Crippen LogP contribution in [0.5, 0.6) is 5.75 Å². The van der Waals surface area contributed by atoms with Gasteiger partial charge in [-0.1, -0.05) is 23.4 Å². The van der Waals surface area contributed by atoms with E-state index in [1.54, 1.807) is 0 Å². The lowest BCUT2D eigenvalue weighted by molar-refractivity contribution is 0.0442. The van der Waals surface area contributed by atoms with Crippen LogP contribution in [0.1, 0.15) is 5.56 Å². The Hall–Kier alpha value is -1.79. The number of morpholine rings is 1. The van der Waals surface area contributed by atoms with E-state index in [-0.39, 0.29) is 0 Å². The molecule has 0 unspecified atom stereocenters. The lowest BCUT2D eigenvalue weighted by Gasteiger charge is -2.25. The van der Waals surface area contributed by atoms with Gasteiger partial charge in [0.15, 0.2) is 12.4 Å². The Labute approximate surface area is 125 Å². The Bertz CT molecular complexity index is 459. The van der Waals surface area contributed by atoms with Crippen LogP contribution < -0.4 is 10.5 Å². The van der Waals surface area contributed by atoms with Crippen molar-refractivity contribution in [2.75, 3.05) is 46.1 Å². The molecule has 0 radical (unpaired) electrons. The van der Waals surface area contributed by atoms with Crippen molar-refractivity contribution in [1.29, 1.82) is 0 Å². The second-order valence-corrected chi connectivity index (χ2v) is 4.92. The average Bonchev–Trinajstić information content (AvgIpc) is 2.50. The van der Waals surface area contributed by atoms with Crippen LogP contribution in [0.25, 0.3) is 0 Å². The summed E-state index contributed by atoms with van der Waals surface area (Å²) in [6.07, 6.45) is 0. The lowest BCUT2D eigenvalue weighted by Crippen LogP contribution is -2.41. The standard InChI is InChI=1S/C15H23N3O3/c1-13-4-2-3-5-14(13)20-10-11-21-17-15(16)12-18-6-8-19-9-7-18/h2-5H,6-12H2,1H3,(H2,16,17). The first kappa shape index (κ1) is 15.6. The molecule has 1 saturated heterocycles. The third-order valence-electron chi connectivity index (χ3n) is 3.20. The maximum absolute atomic E-state index is 5.82. The predicted molar refractivity (Wildman–Crippen MR) is 81.5 cm³/mol. The minimum Gasteiger partial charge on any atom is -0.490 e. The largest absolute Gasteiger partial charge is 0.490 e. The summed E-state index contributed by atoms with van der Waals surface area (Å²) in [6.45, 7) is 6.70. The number of hydrogen-bond donors (Lipinski definition) is 1. The smallest absolute Gasteiger partial charge is 0.153 e. The molecule has 2 N–H and O–H groups in total. The van der Waals surface area contributed by atoms with Gasteiger partial charge in [0.1, 0.15) is 12.4 Å². The van der Waals surface area contributed by atoms with Gasteiger partial charge in [0, 0.05) is 13.1 Å². The van der Waals surface area contributed by atoms with Gasteiger partial charge in [-0.05, 0) is 18.6 Å². The van der Waals surface area contributed by atoms with Gasteiger partial charge in [0.25, 0.3) is 0 Å². The van der Waals surface area contributed by atoms with Crippen LogP contribution >= 0.6 is 0 Å². The summed E-state index contributed by atoms with van der Waals surface area (Å²) in [5.41, 5.74) is 6.93. The van der Waals surface area contributed by atoms with Gasteiger partial charge in [0.05, 0.1) is 19.8 Å². The van der Waals surface area contributed by atoms with Crippen LogP contribution in [0.15, 0.2) is 29.4 Å². The molecular weight excluding hydrogens is 270 g/mol. The van der Waals surface area contributed by atoms with Crippen LogP contribution in [-0.2, 0) is 9.57 Å². The summed E-state index contributed by atoms with van der Waals surface area (Å²) < 4.78 is 10.9. The summed E-state index contributed by atoms with van der Waals surface area (Å²) in [4.78, 5) is 7.37. The van der Waals surface area contributed by atoms with Crippen molar-refractivity contribution in [1.82, 2.24) is 4.90 Å². The number of aryl methyl sites for hydroxylation is 1. The summed E-state index contributed by atoms with van der Waals surface area (Å²) in [5.74, 6) is 1.35. The van der Waals surface area contributed by atoms with E-state index in [1.165, 1.54) is 0 Å². The van der Waals surface area contributed by atoms with Gasteiger partial charge >= 0.3 is 0 Å². The highest BCUT2D eigenvalue weighted by Gasteiger charge is 2.11. The quantitative estimate of drug-likeness (QED) is 0.351. The Morgan fingerprint density at radius 1 is 1.29 bits per heavy atom. The molecular formula is C15H23N3O3. The maximum Gasteiger partial charge on any atom is 0.153 e. The number of benzene rings is 1. The number of hydrogen-bond acceptors (Lipinski definition) is 5. The topological polar surface area (TPSA) is 69.3 Å². The van der Waals surface area contributed by atoms with E-state index in [4.69, 9.17) is 20.0 Å². The molecule has 6 heteroatoms. The molecule has 1 aromatic rings. The molecule has 0 aliphatic carbocycles. The highest BCUT2D eigenvalue weighted by molar-refractivity contribution is 5.81. The van der Waals surface area contributed by atoms with E-state index in [0.717, 1.165) is 37.6 Å². The molecule has 0 spiro atoms. The first-order valence-electron chi connectivity index (χ1n) is 7.18. The molecule has 1 heterocycles. The van der Waals surface area contributed by atoms with Gasteiger partial charge < -0.3 is 20.0 Å². The van der Waals surface area contributed by atoms with Gasteiger partial charge in [-0.3, -0.25) is 4.90 Å². The summed E-state index contributed by atoms with van der Waals surface area (Å²) in [6, 6.07) is 7.87. The molecule has 1 aromatic carbocycles. The molecule has 0 bridgehead atoms. The molecule has 1 fully saturated rings. The Kier molecular flexibility index (Phi) is 6.30. The molecule has 1 aliphatic heterocycles. The normalized spacial score (nSPS) is 16.7. The van der Waals surface area contributed by atoms with Crippen LogP contribution in [0.2, 0.25) is 0 Å². The van der Waals surface area contributed by atoms with Crippen molar-refractivity contribution >= 4 is 5.84 Å². The molecule has 2 rings (SSSR count). The third kappa shape index (κ3) is 5.61. The number of oxime groups is 1. The monoisotopic (exact) mass is 293 g/mol. The number of amidine groups is 1. The van der Waals surface area contributed by atoms with Gasteiger partial charge in [-0.15, -0.1) is 0 Å². The van der Waals surface area contributed by atoms with Gasteiger partial charge in [-0.25, -0.2) is 0 Å². The fourth-order valence-corrected chi connectivity index (χ4v) is 2.05. The molecule has 0 amide bonds. The van der Waals surface area contributed by atoms with E-state index in [1.807, 2.05) is 31.2 Å². The number of para-hydroxylation sites is 1. The van der Waals surface area contributed by atoms with E-state index >= 15 is 0 Å². The number of nitrogens with zero attached hydrogens (tertiary/aromatic N) is 2. The Morgan fingerprint density at radius 2 is 2.05 bits per heavy atom. The fraction of sp³-hybridized carbons (Fsp3) is 0.533. The minimum absolute atomic E-state index is 0.373. The van der Waals surface area contributed by atoms with E-state index < -0.39 is 0 Å². The minimum atomic E-state index is 0.373. The Morgan fingerprint density at radius 3 is 2.81 bits per heavy atom. The molecule has 0 saturated carbocycles. The summed E-state index contributed by atoms with van der Waals surface area (Å²) in [7, 11) is 0. The van der Waals surface area contributed by atoms with E-state index in [9.17, 15) is 0 Å². The van der Waals surface area contributed by atoms with Crippen LogP contribution in [0.4, 0.5) is 0 Å². The predicted octanol–water partition coefficient (Wildman–Crippen LogP) is 0.995. The fourth-order valence-electron chi connectivity index (χ4n) is 2.05. The van der Waals surface area contributed by atoms with Crippen molar-refractivity contribution in [2.24, 2.45) is 10.9 Å². The van der Waals surface area contributed by atoms with Crippen LogP contribution in [0.3, 0.4) is 0 Å². The zero-order chi connectivity index (χ0) is 14.9. The zero-order valence-electron chi connectivity index (χ0n) is 12.5. The number of ether oxygens (including phenoxy) is 2.